The molecule has 0 saturated carbocycles. The van der Waals surface area contributed by atoms with Gasteiger partial charge in [0.15, 0.2) is 11.5 Å². The molecule has 0 amide bonds. The van der Waals surface area contributed by atoms with Crippen LogP contribution in [0.5, 0.6) is 11.5 Å². The van der Waals surface area contributed by atoms with E-state index in [0.717, 1.165) is 5.56 Å². The van der Waals surface area contributed by atoms with Crippen LogP contribution >= 0.6 is 27.5 Å². The van der Waals surface area contributed by atoms with Crippen LogP contribution in [0, 0.1) is 5.82 Å². The van der Waals surface area contributed by atoms with Crippen molar-refractivity contribution in [2.24, 2.45) is 0 Å². The van der Waals surface area contributed by atoms with Gasteiger partial charge in [-0.05, 0) is 59.6 Å². The van der Waals surface area contributed by atoms with E-state index in [2.05, 4.69) is 21.2 Å². The number of ether oxygens (including phenoxy) is 2. The zero-order valence-electron chi connectivity index (χ0n) is 14.7. The third-order valence-corrected chi connectivity index (χ3v) is 4.50. The second-order valence-corrected chi connectivity index (χ2v) is 7.07. The van der Waals surface area contributed by atoms with Gasteiger partial charge in [-0.3, -0.25) is 0 Å². The number of aliphatic hydroxyl groups excluding tert-OH is 1. The Morgan fingerprint density at radius 3 is 2.73 bits per heavy atom. The molecule has 0 aliphatic heterocycles. The van der Waals surface area contributed by atoms with Gasteiger partial charge in [-0.1, -0.05) is 17.7 Å². The first-order valence-electron chi connectivity index (χ1n) is 8.32. The quantitative estimate of drug-likeness (QED) is 0.587. The van der Waals surface area contributed by atoms with Crippen molar-refractivity contribution in [3.8, 4) is 11.5 Å². The van der Waals surface area contributed by atoms with Gasteiger partial charge in [0.05, 0.1) is 22.2 Å². The van der Waals surface area contributed by atoms with Crippen LogP contribution in [-0.4, -0.2) is 24.4 Å². The van der Waals surface area contributed by atoms with E-state index in [9.17, 15) is 9.50 Å². The summed E-state index contributed by atoms with van der Waals surface area (Å²) in [6.45, 7) is 5.12. The van der Waals surface area contributed by atoms with E-state index in [1.165, 1.54) is 6.07 Å². The molecule has 0 spiro atoms. The molecule has 2 N–H and O–H groups in total. The van der Waals surface area contributed by atoms with E-state index >= 15 is 0 Å². The third kappa shape index (κ3) is 5.84. The molecule has 2 aromatic rings. The standard InChI is InChI=1S/C19H22BrClFNO3/c1-3-25-18-8-13(10-23-9-12(2)24)7-15(20)19(18)26-11-14-16(21)5-4-6-17(14)22/h4-8,12,23-24H,3,9-11H2,1-2H3/t12-/m0/s1. The number of benzene rings is 2. The van der Waals surface area contributed by atoms with E-state index < -0.39 is 11.9 Å². The topological polar surface area (TPSA) is 50.7 Å². The van der Waals surface area contributed by atoms with E-state index in [1.54, 1.807) is 19.1 Å². The van der Waals surface area contributed by atoms with Crippen LogP contribution in [0.1, 0.15) is 25.0 Å². The Labute approximate surface area is 166 Å². The van der Waals surface area contributed by atoms with Gasteiger partial charge < -0.3 is 19.9 Å². The van der Waals surface area contributed by atoms with Crippen LogP contribution in [0.4, 0.5) is 4.39 Å². The molecule has 0 aliphatic carbocycles. The van der Waals surface area contributed by atoms with Crippen molar-refractivity contribution in [1.82, 2.24) is 5.32 Å². The predicted molar refractivity (Wildman–Crippen MR) is 104 cm³/mol. The second kappa shape index (κ2) is 10.1. The number of hydrogen-bond acceptors (Lipinski definition) is 4. The van der Waals surface area contributed by atoms with Crippen molar-refractivity contribution in [3.63, 3.8) is 0 Å². The van der Waals surface area contributed by atoms with Crippen molar-refractivity contribution in [2.75, 3.05) is 13.2 Å². The fraction of sp³-hybridized carbons (Fsp3) is 0.368. The normalized spacial score (nSPS) is 12.1. The van der Waals surface area contributed by atoms with Crippen LogP contribution in [0.25, 0.3) is 0 Å². The largest absolute Gasteiger partial charge is 0.490 e. The highest BCUT2D eigenvalue weighted by molar-refractivity contribution is 9.10. The molecule has 0 fully saturated rings. The highest BCUT2D eigenvalue weighted by Gasteiger charge is 2.15. The molecule has 1 atom stereocenters. The number of hydrogen-bond donors (Lipinski definition) is 2. The second-order valence-electron chi connectivity index (χ2n) is 5.81. The molecular formula is C19H22BrClFNO3. The maximum absolute atomic E-state index is 13.9. The Morgan fingerprint density at radius 1 is 1.31 bits per heavy atom. The first-order chi connectivity index (χ1) is 12.4. The molecule has 7 heteroatoms. The summed E-state index contributed by atoms with van der Waals surface area (Å²) in [7, 11) is 0. The van der Waals surface area contributed by atoms with Gasteiger partial charge in [0.1, 0.15) is 12.4 Å². The smallest absolute Gasteiger partial charge is 0.175 e. The van der Waals surface area contributed by atoms with Crippen molar-refractivity contribution in [1.29, 1.82) is 0 Å². The molecule has 0 aliphatic rings. The third-order valence-electron chi connectivity index (χ3n) is 3.56. The van der Waals surface area contributed by atoms with Crippen molar-refractivity contribution < 1.29 is 19.0 Å². The van der Waals surface area contributed by atoms with Gasteiger partial charge in [0, 0.05) is 18.7 Å². The Kier molecular flexibility index (Phi) is 8.15. The maximum Gasteiger partial charge on any atom is 0.175 e. The van der Waals surface area contributed by atoms with Gasteiger partial charge in [-0.15, -0.1) is 0 Å². The Bertz CT molecular complexity index is 723. The summed E-state index contributed by atoms with van der Waals surface area (Å²) in [6, 6.07) is 8.29. The average molecular weight is 447 g/mol. The summed E-state index contributed by atoms with van der Waals surface area (Å²) >= 11 is 9.54. The van der Waals surface area contributed by atoms with Crippen molar-refractivity contribution >= 4 is 27.5 Å². The highest BCUT2D eigenvalue weighted by Crippen LogP contribution is 2.38. The number of halogens is 3. The molecule has 0 radical (unpaired) electrons. The minimum Gasteiger partial charge on any atom is -0.490 e. The Morgan fingerprint density at radius 2 is 2.08 bits per heavy atom. The maximum atomic E-state index is 13.9. The zero-order valence-corrected chi connectivity index (χ0v) is 17.0. The molecule has 2 aromatic carbocycles. The Hall–Kier alpha value is -1.34. The molecule has 0 saturated heterocycles. The SMILES string of the molecule is CCOc1cc(CNC[C@H](C)O)cc(Br)c1OCc1c(F)cccc1Cl. The lowest BCUT2D eigenvalue weighted by Gasteiger charge is -2.16. The molecule has 142 valence electrons. The highest BCUT2D eigenvalue weighted by atomic mass is 79.9. The lowest BCUT2D eigenvalue weighted by atomic mass is 10.2. The van der Waals surface area contributed by atoms with E-state index in [-0.39, 0.29) is 6.61 Å². The molecule has 0 heterocycles. The summed E-state index contributed by atoms with van der Waals surface area (Å²) in [5, 5.41) is 12.8. The van der Waals surface area contributed by atoms with Crippen LogP contribution in [-0.2, 0) is 13.2 Å². The first kappa shape index (κ1) is 21.0. The van der Waals surface area contributed by atoms with E-state index in [4.69, 9.17) is 21.1 Å². The molecule has 0 unspecified atom stereocenters. The number of rotatable bonds is 9. The summed E-state index contributed by atoms with van der Waals surface area (Å²) in [6.07, 6.45) is -0.419. The zero-order chi connectivity index (χ0) is 19.1. The van der Waals surface area contributed by atoms with E-state index in [1.807, 2.05) is 19.1 Å². The fourth-order valence-corrected chi connectivity index (χ4v) is 3.19. The molecule has 0 bridgehead atoms. The van der Waals surface area contributed by atoms with Gasteiger partial charge in [-0.2, -0.15) is 0 Å². The lowest BCUT2D eigenvalue weighted by Crippen LogP contribution is -2.23. The van der Waals surface area contributed by atoms with Crippen LogP contribution in [0.3, 0.4) is 0 Å². The minimum absolute atomic E-state index is 0.0101. The fourth-order valence-electron chi connectivity index (χ4n) is 2.37. The molecule has 26 heavy (non-hydrogen) atoms. The predicted octanol–water partition coefficient (Wildman–Crippen LogP) is 4.69. The lowest BCUT2D eigenvalue weighted by molar-refractivity contribution is 0.191. The van der Waals surface area contributed by atoms with Crippen LogP contribution in [0.15, 0.2) is 34.8 Å². The molecule has 0 aromatic heterocycles. The van der Waals surface area contributed by atoms with Gasteiger partial charge in [0.25, 0.3) is 0 Å². The number of aliphatic hydroxyl groups is 1. The number of nitrogens with one attached hydrogen (secondary N) is 1. The van der Waals surface area contributed by atoms with Crippen LogP contribution in [0.2, 0.25) is 5.02 Å². The monoisotopic (exact) mass is 445 g/mol. The molecule has 2 rings (SSSR count). The van der Waals surface area contributed by atoms with Gasteiger partial charge in [-0.25, -0.2) is 4.39 Å². The Balaban J connectivity index is 2.18. The summed E-state index contributed by atoms with van der Waals surface area (Å²) in [4.78, 5) is 0. The average Bonchev–Trinajstić information content (AvgIpc) is 2.56. The first-order valence-corrected chi connectivity index (χ1v) is 9.49. The van der Waals surface area contributed by atoms with Crippen LogP contribution < -0.4 is 14.8 Å². The minimum atomic E-state index is -0.419. The van der Waals surface area contributed by atoms with E-state index in [0.29, 0.717) is 46.3 Å². The summed E-state index contributed by atoms with van der Waals surface area (Å²) in [5.41, 5.74) is 1.27. The van der Waals surface area contributed by atoms with Crippen molar-refractivity contribution in [3.05, 3.63) is 56.8 Å². The van der Waals surface area contributed by atoms with Crippen molar-refractivity contribution in [2.45, 2.75) is 33.1 Å². The van der Waals surface area contributed by atoms with Gasteiger partial charge in [0.2, 0.25) is 0 Å². The molecule has 4 nitrogen and oxygen atoms in total. The summed E-state index contributed by atoms with van der Waals surface area (Å²) in [5.74, 6) is 0.638. The summed E-state index contributed by atoms with van der Waals surface area (Å²) < 4.78 is 26.1. The van der Waals surface area contributed by atoms with Gasteiger partial charge >= 0.3 is 0 Å². The molecular weight excluding hydrogens is 425 g/mol.